The van der Waals surface area contributed by atoms with Crippen LogP contribution in [0.25, 0.3) is 22.8 Å². The first kappa shape index (κ1) is 18.6. The molecule has 0 bridgehead atoms. The van der Waals surface area contributed by atoms with E-state index in [-0.39, 0.29) is 11.8 Å². The minimum atomic E-state index is -0.165. The molecule has 1 N–H and O–H groups in total. The van der Waals surface area contributed by atoms with Crippen LogP contribution in [0.1, 0.15) is 23.7 Å². The van der Waals surface area contributed by atoms with Crippen molar-refractivity contribution in [1.29, 1.82) is 0 Å². The van der Waals surface area contributed by atoms with Gasteiger partial charge in [-0.15, -0.1) is 0 Å². The lowest BCUT2D eigenvalue weighted by atomic mass is 10.1. The van der Waals surface area contributed by atoms with Crippen LogP contribution < -0.4 is 4.90 Å². The number of carbonyl (C=O) groups is 1. The molecule has 1 fully saturated rings. The van der Waals surface area contributed by atoms with E-state index < -0.39 is 0 Å². The van der Waals surface area contributed by atoms with Gasteiger partial charge in [0, 0.05) is 24.4 Å². The molecule has 4 aromatic rings. The van der Waals surface area contributed by atoms with Crippen molar-refractivity contribution in [3.63, 3.8) is 0 Å². The average molecular weight is 420 g/mol. The van der Waals surface area contributed by atoms with E-state index in [9.17, 15) is 4.79 Å². The Morgan fingerprint density at radius 2 is 2.00 bits per heavy atom. The van der Waals surface area contributed by atoms with Crippen molar-refractivity contribution >= 4 is 23.2 Å². The molecule has 2 aromatic carbocycles. The number of benzene rings is 2. The zero-order valence-electron chi connectivity index (χ0n) is 16.2. The van der Waals surface area contributed by atoms with Gasteiger partial charge in [-0.05, 0) is 24.6 Å². The molecule has 0 aliphatic carbocycles. The van der Waals surface area contributed by atoms with E-state index in [1.54, 1.807) is 11.0 Å². The summed E-state index contributed by atoms with van der Waals surface area (Å²) < 4.78 is 5.45. The van der Waals surface area contributed by atoms with E-state index in [4.69, 9.17) is 16.1 Å². The summed E-state index contributed by atoms with van der Waals surface area (Å²) in [5.41, 5.74) is 4.12. The number of hydrogen-bond acceptors (Lipinski definition) is 5. The van der Waals surface area contributed by atoms with Crippen LogP contribution in [0, 0.1) is 6.92 Å². The van der Waals surface area contributed by atoms with Gasteiger partial charge in [0.25, 0.3) is 5.89 Å². The Morgan fingerprint density at radius 1 is 1.17 bits per heavy atom. The molecule has 150 valence electrons. The molecule has 7 nitrogen and oxygen atoms in total. The highest BCUT2D eigenvalue weighted by Crippen LogP contribution is 2.37. The van der Waals surface area contributed by atoms with Crippen molar-refractivity contribution in [2.24, 2.45) is 0 Å². The third-order valence-corrected chi connectivity index (χ3v) is 5.57. The van der Waals surface area contributed by atoms with Gasteiger partial charge < -0.3 is 9.42 Å². The van der Waals surface area contributed by atoms with Crippen molar-refractivity contribution in [3.8, 4) is 22.8 Å². The maximum atomic E-state index is 12.7. The number of aromatic nitrogens is 4. The number of para-hydroxylation sites is 1. The summed E-state index contributed by atoms with van der Waals surface area (Å²) in [6, 6.07) is 17.3. The van der Waals surface area contributed by atoms with Crippen LogP contribution in [0.2, 0.25) is 5.02 Å². The molecule has 1 aliphatic heterocycles. The Bertz CT molecular complexity index is 1200. The molecule has 3 heterocycles. The van der Waals surface area contributed by atoms with Gasteiger partial charge in [-0.2, -0.15) is 10.1 Å². The van der Waals surface area contributed by atoms with Crippen LogP contribution in [-0.4, -0.2) is 32.8 Å². The lowest BCUT2D eigenvalue weighted by molar-refractivity contribution is -0.117. The maximum absolute atomic E-state index is 12.7. The Hall–Kier alpha value is -3.45. The molecule has 0 radical (unpaired) electrons. The molecule has 1 amide bonds. The largest absolute Gasteiger partial charge is 0.332 e. The Labute approximate surface area is 177 Å². The van der Waals surface area contributed by atoms with Crippen LogP contribution in [-0.2, 0) is 4.79 Å². The number of amides is 1. The molecule has 30 heavy (non-hydrogen) atoms. The lowest BCUT2D eigenvalue weighted by Crippen LogP contribution is -2.25. The minimum Gasteiger partial charge on any atom is -0.332 e. The fourth-order valence-corrected chi connectivity index (χ4v) is 4.08. The zero-order chi connectivity index (χ0) is 20.7. The van der Waals surface area contributed by atoms with E-state index in [1.807, 2.05) is 55.5 Å². The van der Waals surface area contributed by atoms with E-state index in [0.717, 1.165) is 22.5 Å². The topological polar surface area (TPSA) is 87.9 Å². The highest BCUT2D eigenvalue weighted by atomic mass is 35.5. The van der Waals surface area contributed by atoms with Gasteiger partial charge in [-0.3, -0.25) is 9.89 Å². The highest BCUT2D eigenvalue weighted by Gasteiger charge is 2.36. The molecule has 0 spiro atoms. The number of aromatic amines is 1. The SMILES string of the molecule is Cc1cccc(Cl)c1N1CC(c2noc(-c3cc(-c4ccccc4)n[nH]3)n2)CC1=O. The van der Waals surface area contributed by atoms with Gasteiger partial charge in [-0.1, -0.05) is 59.2 Å². The van der Waals surface area contributed by atoms with E-state index in [1.165, 1.54) is 0 Å². The number of nitrogens with zero attached hydrogens (tertiary/aromatic N) is 4. The third kappa shape index (κ3) is 3.27. The Kier molecular flexibility index (Phi) is 4.59. The van der Waals surface area contributed by atoms with Crippen LogP contribution in [0.15, 0.2) is 59.1 Å². The number of nitrogens with one attached hydrogen (secondary N) is 1. The van der Waals surface area contributed by atoms with Crippen LogP contribution in [0.3, 0.4) is 0 Å². The molecule has 1 aliphatic rings. The minimum absolute atomic E-state index is 0.00421. The van der Waals surface area contributed by atoms with Crippen molar-refractivity contribution < 1.29 is 9.32 Å². The van der Waals surface area contributed by atoms with Gasteiger partial charge in [0.2, 0.25) is 5.91 Å². The third-order valence-electron chi connectivity index (χ3n) is 5.27. The van der Waals surface area contributed by atoms with Gasteiger partial charge in [0.05, 0.1) is 16.4 Å². The quantitative estimate of drug-likeness (QED) is 0.522. The molecule has 1 unspecified atom stereocenters. The number of carbonyl (C=O) groups excluding carboxylic acids is 1. The standard InChI is InChI=1S/C22H18ClN5O2/c1-13-6-5-9-16(23)20(13)28-12-15(10-19(28)29)21-24-22(30-27-21)18-11-17(25-26-18)14-7-3-2-4-8-14/h2-9,11,15H,10,12H2,1H3,(H,25,26). The smallest absolute Gasteiger partial charge is 0.275 e. The summed E-state index contributed by atoms with van der Waals surface area (Å²) >= 11 is 6.35. The molecule has 0 saturated carbocycles. The molecule has 5 rings (SSSR count). The summed E-state index contributed by atoms with van der Waals surface area (Å²) in [4.78, 5) is 18.9. The molecule has 8 heteroatoms. The van der Waals surface area contributed by atoms with Gasteiger partial charge in [0.15, 0.2) is 5.82 Å². The predicted octanol–water partition coefficient (Wildman–Crippen LogP) is 4.61. The van der Waals surface area contributed by atoms with Crippen molar-refractivity contribution in [2.45, 2.75) is 19.3 Å². The number of aryl methyl sites for hydroxylation is 1. The Morgan fingerprint density at radius 3 is 2.80 bits per heavy atom. The second-order valence-electron chi connectivity index (χ2n) is 7.30. The molecular weight excluding hydrogens is 402 g/mol. The zero-order valence-corrected chi connectivity index (χ0v) is 16.9. The van der Waals surface area contributed by atoms with Crippen molar-refractivity contribution in [1.82, 2.24) is 20.3 Å². The first-order chi connectivity index (χ1) is 14.6. The van der Waals surface area contributed by atoms with Gasteiger partial charge in [0.1, 0.15) is 5.69 Å². The number of H-pyrrole nitrogens is 1. The summed E-state index contributed by atoms with van der Waals surface area (Å²) in [6.45, 7) is 2.40. The normalized spacial score (nSPS) is 16.4. The van der Waals surface area contributed by atoms with E-state index in [2.05, 4.69) is 20.3 Å². The first-order valence-electron chi connectivity index (χ1n) is 9.60. The van der Waals surface area contributed by atoms with Crippen LogP contribution >= 0.6 is 11.6 Å². The summed E-state index contributed by atoms with van der Waals surface area (Å²) in [5, 5.41) is 11.9. The second kappa shape index (κ2) is 7.42. The fourth-order valence-electron chi connectivity index (χ4n) is 3.76. The molecule has 2 aromatic heterocycles. The molecule has 1 saturated heterocycles. The second-order valence-corrected chi connectivity index (χ2v) is 7.71. The highest BCUT2D eigenvalue weighted by molar-refractivity contribution is 6.34. The average Bonchev–Trinajstić information content (AvgIpc) is 3.48. The summed E-state index contributed by atoms with van der Waals surface area (Å²) in [5.74, 6) is 0.679. The van der Waals surface area contributed by atoms with Gasteiger partial charge in [-0.25, -0.2) is 0 Å². The Balaban J connectivity index is 1.38. The van der Waals surface area contributed by atoms with Gasteiger partial charge >= 0.3 is 0 Å². The van der Waals surface area contributed by atoms with Crippen LogP contribution in [0.4, 0.5) is 5.69 Å². The monoisotopic (exact) mass is 419 g/mol. The van der Waals surface area contributed by atoms with E-state index in [0.29, 0.717) is 35.4 Å². The summed E-state index contributed by atoms with van der Waals surface area (Å²) in [7, 11) is 0. The number of rotatable bonds is 4. The fraction of sp³-hybridized carbons (Fsp3) is 0.182. The van der Waals surface area contributed by atoms with E-state index >= 15 is 0 Å². The van der Waals surface area contributed by atoms with Crippen molar-refractivity contribution in [3.05, 3.63) is 71.0 Å². The predicted molar refractivity (Wildman–Crippen MR) is 113 cm³/mol. The number of halogens is 1. The summed E-state index contributed by atoms with van der Waals surface area (Å²) in [6.07, 6.45) is 0.307. The van der Waals surface area contributed by atoms with Crippen molar-refractivity contribution in [2.75, 3.05) is 11.4 Å². The molecular formula is C22H18ClN5O2. The number of hydrogen-bond donors (Lipinski definition) is 1. The molecule has 1 atom stereocenters. The number of anilines is 1. The lowest BCUT2D eigenvalue weighted by Gasteiger charge is -2.20. The first-order valence-corrected chi connectivity index (χ1v) is 9.98. The maximum Gasteiger partial charge on any atom is 0.275 e. The van der Waals surface area contributed by atoms with Crippen LogP contribution in [0.5, 0.6) is 0 Å².